The van der Waals surface area contributed by atoms with Crippen LogP contribution in [0.15, 0.2) is 36.4 Å². The van der Waals surface area contributed by atoms with E-state index in [2.05, 4.69) is 0 Å². The standard InChI is InChI=1S/C14H14O2/c1-9-6-10(2)14(13(16)7-9)11-4-3-5-12(15)8-11/h3-8,15-16H,1-2H3. The van der Waals surface area contributed by atoms with Crippen molar-refractivity contribution in [2.24, 2.45) is 0 Å². The molecule has 0 saturated heterocycles. The van der Waals surface area contributed by atoms with Gasteiger partial charge in [-0.2, -0.15) is 0 Å². The van der Waals surface area contributed by atoms with E-state index in [0.29, 0.717) is 0 Å². The lowest BCUT2D eigenvalue weighted by Crippen LogP contribution is -1.86. The van der Waals surface area contributed by atoms with Crippen LogP contribution in [0.1, 0.15) is 11.1 Å². The van der Waals surface area contributed by atoms with Crippen LogP contribution < -0.4 is 0 Å². The van der Waals surface area contributed by atoms with Gasteiger partial charge in [0.2, 0.25) is 0 Å². The molecule has 0 aliphatic heterocycles. The first-order valence-corrected chi connectivity index (χ1v) is 5.17. The van der Waals surface area contributed by atoms with Crippen LogP contribution in [0.5, 0.6) is 11.5 Å². The van der Waals surface area contributed by atoms with Gasteiger partial charge in [0.1, 0.15) is 11.5 Å². The van der Waals surface area contributed by atoms with E-state index in [1.165, 1.54) is 0 Å². The second kappa shape index (κ2) is 3.89. The summed E-state index contributed by atoms with van der Waals surface area (Å²) in [5.41, 5.74) is 3.64. The molecule has 0 fully saturated rings. The molecule has 0 saturated carbocycles. The Hall–Kier alpha value is -1.96. The first-order valence-electron chi connectivity index (χ1n) is 5.17. The lowest BCUT2D eigenvalue weighted by molar-refractivity contribution is 0.474. The SMILES string of the molecule is Cc1cc(C)c(-c2cccc(O)c2)c(O)c1. The molecular weight excluding hydrogens is 200 g/mol. The molecule has 0 aromatic heterocycles. The van der Waals surface area contributed by atoms with Gasteiger partial charge in [-0.1, -0.05) is 18.2 Å². The summed E-state index contributed by atoms with van der Waals surface area (Å²) in [6, 6.07) is 10.6. The first-order chi connectivity index (χ1) is 7.58. The molecule has 0 heterocycles. The van der Waals surface area contributed by atoms with Crippen LogP contribution in [0.3, 0.4) is 0 Å². The number of rotatable bonds is 1. The van der Waals surface area contributed by atoms with E-state index in [-0.39, 0.29) is 11.5 Å². The molecule has 82 valence electrons. The Kier molecular flexibility index (Phi) is 2.57. The lowest BCUT2D eigenvalue weighted by atomic mass is 9.97. The van der Waals surface area contributed by atoms with E-state index in [4.69, 9.17) is 0 Å². The molecule has 16 heavy (non-hydrogen) atoms. The maximum Gasteiger partial charge on any atom is 0.123 e. The van der Waals surface area contributed by atoms with Gasteiger partial charge < -0.3 is 10.2 Å². The molecule has 0 aliphatic rings. The second-order valence-electron chi connectivity index (χ2n) is 4.03. The number of hydrogen-bond acceptors (Lipinski definition) is 2. The topological polar surface area (TPSA) is 40.5 Å². The molecule has 2 nitrogen and oxygen atoms in total. The molecule has 0 spiro atoms. The van der Waals surface area contributed by atoms with Crippen LogP contribution in [0, 0.1) is 13.8 Å². The summed E-state index contributed by atoms with van der Waals surface area (Å²) in [6.45, 7) is 3.89. The Morgan fingerprint density at radius 1 is 0.938 bits per heavy atom. The third-order valence-electron chi connectivity index (χ3n) is 2.59. The van der Waals surface area contributed by atoms with Crippen LogP contribution in [-0.4, -0.2) is 10.2 Å². The lowest BCUT2D eigenvalue weighted by Gasteiger charge is -2.10. The zero-order chi connectivity index (χ0) is 11.7. The van der Waals surface area contributed by atoms with Crippen molar-refractivity contribution in [2.45, 2.75) is 13.8 Å². The maximum absolute atomic E-state index is 9.93. The molecule has 2 heteroatoms. The zero-order valence-corrected chi connectivity index (χ0v) is 9.36. The Morgan fingerprint density at radius 2 is 1.69 bits per heavy atom. The summed E-state index contributed by atoms with van der Waals surface area (Å²) in [5.74, 6) is 0.458. The van der Waals surface area contributed by atoms with Gasteiger partial charge in [0.25, 0.3) is 0 Å². The van der Waals surface area contributed by atoms with Gasteiger partial charge in [-0.15, -0.1) is 0 Å². The van der Waals surface area contributed by atoms with E-state index in [1.54, 1.807) is 24.3 Å². The van der Waals surface area contributed by atoms with E-state index >= 15 is 0 Å². The highest BCUT2D eigenvalue weighted by Gasteiger charge is 2.08. The van der Waals surface area contributed by atoms with Crippen LogP contribution in [-0.2, 0) is 0 Å². The van der Waals surface area contributed by atoms with E-state index in [1.807, 2.05) is 26.0 Å². The molecule has 0 radical (unpaired) electrons. The smallest absolute Gasteiger partial charge is 0.123 e. The van der Waals surface area contributed by atoms with Crippen molar-refractivity contribution in [1.82, 2.24) is 0 Å². The van der Waals surface area contributed by atoms with Crippen LogP contribution in [0.4, 0.5) is 0 Å². The Balaban J connectivity index is 2.64. The summed E-state index contributed by atoms with van der Waals surface area (Å²) in [5, 5.41) is 19.4. The van der Waals surface area contributed by atoms with E-state index in [9.17, 15) is 10.2 Å². The molecule has 0 atom stereocenters. The number of phenols is 2. The summed E-state index contributed by atoms with van der Waals surface area (Å²) in [7, 11) is 0. The van der Waals surface area contributed by atoms with Gasteiger partial charge in [0.05, 0.1) is 0 Å². The van der Waals surface area contributed by atoms with Crippen molar-refractivity contribution in [2.75, 3.05) is 0 Å². The third-order valence-corrected chi connectivity index (χ3v) is 2.59. The van der Waals surface area contributed by atoms with E-state index < -0.39 is 0 Å². The Labute approximate surface area is 94.8 Å². The van der Waals surface area contributed by atoms with Crippen LogP contribution in [0.2, 0.25) is 0 Å². The predicted octanol–water partition coefficient (Wildman–Crippen LogP) is 3.38. The summed E-state index contributed by atoms with van der Waals surface area (Å²) in [6.07, 6.45) is 0. The molecule has 0 amide bonds. The average Bonchev–Trinajstić information content (AvgIpc) is 2.15. The summed E-state index contributed by atoms with van der Waals surface area (Å²) < 4.78 is 0. The number of aromatic hydroxyl groups is 2. The van der Waals surface area contributed by atoms with Crippen molar-refractivity contribution in [3.63, 3.8) is 0 Å². The van der Waals surface area contributed by atoms with E-state index in [0.717, 1.165) is 22.3 Å². The molecule has 0 aliphatic carbocycles. The zero-order valence-electron chi connectivity index (χ0n) is 9.36. The van der Waals surface area contributed by atoms with Crippen molar-refractivity contribution in [3.05, 3.63) is 47.5 Å². The highest BCUT2D eigenvalue weighted by Crippen LogP contribution is 2.34. The Morgan fingerprint density at radius 3 is 2.31 bits per heavy atom. The van der Waals surface area contributed by atoms with Crippen molar-refractivity contribution < 1.29 is 10.2 Å². The molecule has 2 rings (SSSR count). The molecular formula is C14H14O2. The fourth-order valence-electron chi connectivity index (χ4n) is 1.98. The monoisotopic (exact) mass is 214 g/mol. The fraction of sp³-hybridized carbons (Fsp3) is 0.143. The van der Waals surface area contributed by atoms with Gasteiger partial charge >= 0.3 is 0 Å². The average molecular weight is 214 g/mol. The van der Waals surface area contributed by atoms with Crippen molar-refractivity contribution >= 4 is 0 Å². The van der Waals surface area contributed by atoms with Gasteiger partial charge in [-0.3, -0.25) is 0 Å². The van der Waals surface area contributed by atoms with Crippen molar-refractivity contribution in [3.8, 4) is 22.6 Å². The predicted molar refractivity (Wildman–Crippen MR) is 64.7 cm³/mol. The van der Waals surface area contributed by atoms with Crippen LogP contribution >= 0.6 is 0 Å². The number of benzene rings is 2. The first kappa shape index (κ1) is 10.6. The second-order valence-corrected chi connectivity index (χ2v) is 4.03. The largest absolute Gasteiger partial charge is 0.508 e. The maximum atomic E-state index is 9.93. The molecule has 2 aromatic carbocycles. The van der Waals surface area contributed by atoms with Gasteiger partial charge in [0, 0.05) is 5.56 Å². The minimum absolute atomic E-state index is 0.205. The summed E-state index contributed by atoms with van der Waals surface area (Å²) >= 11 is 0. The van der Waals surface area contributed by atoms with Gasteiger partial charge in [-0.25, -0.2) is 0 Å². The van der Waals surface area contributed by atoms with Gasteiger partial charge in [0.15, 0.2) is 0 Å². The Bertz CT molecular complexity index is 507. The molecule has 0 unspecified atom stereocenters. The van der Waals surface area contributed by atoms with Gasteiger partial charge in [-0.05, 0) is 48.7 Å². The number of hydrogen-bond donors (Lipinski definition) is 2. The third kappa shape index (κ3) is 1.87. The molecule has 0 bridgehead atoms. The fourth-order valence-corrected chi connectivity index (χ4v) is 1.98. The molecule has 2 N–H and O–H groups in total. The minimum atomic E-state index is 0.205. The number of phenolic OH excluding ortho intramolecular Hbond substituents is 2. The van der Waals surface area contributed by atoms with Crippen molar-refractivity contribution in [1.29, 1.82) is 0 Å². The minimum Gasteiger partial charge on any atom is -0.508 e. The number of aryl methyl sites for hydroxylation is 2. The summed E-state index contributed by atoms with van der Waals surface area (Å²) in [4.78, 5) is 0. The quantitative estimate of drug-likeness (QED) is 0.764. The highest BCUT2D eigenvalue weighted by atomic mass is 16.3. The normalized spacial score (nSPS) is 10.4. The highest BCUT2D eigenvalue weighted by molar-refractivity contribution is 5.74. The van der Waals surface area contributed by atoms with Crippen LogP contribution in [0.25, 0.3) is 11.1 Å². The molecule has 2 aromatic rings.